The molecule has 0 aromatic heterocycles. The van der Waals surface area contributed by atoms with Crippen LogP contribution >= 0.6 is 0 Å². The average Bonchev–Trinajstić information content (AvgIpc) is 3.19. The van der Waals surface area contributed by atoms with Crippen LogP contribution in [0.15, 0.2) is 24.3 Å². The lowest BCUT2D eigenvalue weighted by Gasteiger charge is -2.38. The Kier molecular flexibility index (Phi) is 2.37. The van der Waals surface area contributed by atoms with Crippen molar-refractivity contribution in [1.29, 1.82) is 0 Å². The first kappa shape index (κ1) is 13.4. The Morgan fingerprint density at radius 1 is 0.850 bits per heavy atom. The summed E-state index contributed by atoms with van der Waals surface area (Å²) in [6.07, 6.45) is 0. The number of methoxy groups -OCH3 is 2. The molecule has 6 atom stereocenters. The van der Waals surface area contributed by atoms with Gasteiger partial charge in [0.2, 0.25) is 0 Å². The van der Waals surface area contributed by atoms with Crippen LogP contribution < -0.4 is 0 Å². The Bertz CT molecular complexity index is 513. The second kappa shape index (κ2) is 3.54. The zero-order chi connectivity index (χ0) is 15.0. The second-order valence-electron chi connectivity index (χ2n) is 6.35. The monoisotopic (exact) mass is 276 g/mol. The fourth-order valence-corrected chi connectivity index (χ4v) is 5.51. The van der Waals surface area contributed by atoms with Gasteiger partial charge in [-0.1, -0.05) is 24.3 Å². The van der Waals surface area contributed by atoms with Gasteiger partial charge in [0.05, 0.1) is 26.1 Å². The first-order valence-electron chi connectivity index (χ1n) is 6.82. The number of fused-ring (bicyclic) bond motifs is 4. The lowest BCUT2D eigenvalue weighted by atomic mass is 9.64. The van der Waals surface area contributed by atoms with Gasteiger partial charge >= 0.3 is 11.9 Å². The molecule has 0 saturated heterocycles. The highest BCUT2D eigenvalue weighted by Gasteiger charge is 3.02. The van der Waals surface area contributed by atoms with Gasteiger partial charge in [0, 0.05) is 10.8 Å². The van der Waals surface area contributed by atoms with E-state index >= 15 is 0 Å². The van der Waals surface area contributed by atoms with E-state index in [0.29, 0.717) is 0 Å². The number of hydrogen-bond donors (Lipinski definition) is 0. The summed E-state index contributed by atoms with van der Waals surface area (Å²) >= 11 is 0. The Balaban J connectivity index is 2.03. The van der Waals surface area contributed by atoms with Crippen LogP contribution in [0.4, 0.5) is 0 Å². The zero-order valence-corrected chi connectivity index (χ0v) is 12.4. The topological polar surface area (TPSA) is 52.6 Å². The molecule has 0 unspecified atom stereocenters. The van der Waals surface area contributed by atoms with E-state index in [4.69, 9.17) is 9.47 Å². The molecule has 0 aromatic rings. The minimum atomic E-state index is -0.338. The zero-order valence-electron chi connectivity index (χ0n) is 12.4. The van der Waals surface area contributed by atoms with Gasteiger partial charge in [-0.15, -0.1) is 0 Å². The molecule has 3 rings (SSSR count). The summed E-state index contributed by atoms with van der Waals surface area (Å²) in [6.45, 7) is 12.0. The van der Waals surface area contributed by atoms with Crippen molar-refractivity contribution in [1.82, 2.24) is 0 Å². The maximum absolute atomic E-state index is 12.0. The van der Waals surface area contributed by atoms with E-state index < -0.39 is 0 Å². The van der Waals surface area contributed by atoms with E-state index in [0.717, 1.165) is 11.1 Å². The van der Waals surface area contributed by atoms with Gasteiger partial charge in [-0.05, 0) is 25.7 Å². The van der Waals surface area contributed by atoms with E-state index in [-0.39, 0.29) is 46.4 Å². The van der Waals surface area contributed by atoms with E-state index in [1.165, 1.54) is 14.2 Å². The van der Waals surface area contributed by atoms with Crippen LogP contribution in [0, 0.1) is 34.5 Å². The minimum absolute atomic E-state index is 0.160. The SMILES string of the molecule is C=C(C)[C@@]12[C@@H]([C@H]3[C@H](C(=O)OC)[C@]31C(=C)C)[C@@H]2C(=O)OC. The molecule has 3 aliphatic carbocycles. The molecule has 0 radical (unpaired) electrons. The molecule has 4 nitrogen and oxygen atoms in total. The lowest BCUT2D eigenvalue weighted by molar-refractivity contribution is -0.146. The fourth-order valence-electron chi connectivity index (χ4n) is 5.51. The quantitative estimate of drug-likeness (QED) is 0.582. The highest BCUT2D eigenvalue weighted by molar-refractivity contribution is 5.90. The smallest absolute Gasteiger partial charge is 0.309 e. The largest absolute Gasteiger partial charge is 0.469 e. The summed E-state index contributed by atoms with van der Waals surface area (Å²) in [6, 6.07) is 0. The van der Waals surface area contributed by atoms with Crippen molar-refractivity contribution in [2.75, 3.05) is 14.2 Å². The number of ether oxygens (including phenoxy) is 2. The molecule has 0 amide bonds. The summed E-state index contributed by atoms with van der Waals surface area (Å²) in [7, 11) is 2.81. The Morgan fingerprint density at radius 2 is 1.15 bits per heavy atom. The predicted molar refractivity (Wildman–Crippen MR) is 72.5 cm³/mol. The van der Waals surface area contributed by atoms with E-state index in [2.05, 4.69) is 13.2 Å². The third-order valence-electron chi connectivity index (χ3n) is 5.93. The summed E-state index contributed by atoms with van der Waals surface area (Å²) in [5, 5.41) is 0. The summed E-state index contributed by atoms with van der Waals surface area (Å²) in [4.78, 5) is 24.0. The third-order valence-corrected chi connectivity index (χ3v) is 5.93. The van der Waals surface area contributed by atoms with Crippen LogP contribution in [0.1, 0.15) is 13.8 Å². The second-order valence-corrected chi connectivity index (χ2v) is 6.35. The lowest BCUT2D eigenvalue weighted by Crippen LogP contribution is -2.35. The fraction of sp³-hybridized carbons (Fsp3) is 0.625. The number of carbonyl (C=O) groups is 2. The number of carbonyl (C=O) groups excluding carboxylic acids is 2. The van der Waals surface area contributed by atoms with Gasteiger partial charge in [0.25, 0.3) is 0 Å². The number of esters is 2. The molecule has 3 fully saturated rings. The molecule has 0 aliphatic heterocycles. The Labute approximate surface area is 118 Å². The Morgan fingerprint density at radius 3 is 1.35 bits per heavy atom. The molecular formula is C16H20O4. The summed E-state index contributed by atoms with van der Waals surface area (Å²) in [5.41, 5.74) is 1.22. The minimum Gasteiger partial charge on any atom is -0.469 e. The van der Waals surface area contributed by atoms with Crippen molar-refractivity contribution < 1.29 is 19.1 Å². The van der Waals surface area contributed by atoms with Crippen molar-refractivity contribution in [2.45, 2.75) is 13.8 Å². The molecular weight excluding hydrogens is 256 g/mol. The first-order chi connectivity index (χ1) is 9.34. The number of hydrogen-bond acceptors (Lipinski definition) is 4. The summed E-state index contributed by atoms with van der Waals surface area (Å²) in [5.74, 6) is -0.425. The molecule has 0 aromatic carbocycles. The van der Waals surface area contributed by atoms with Crippen molar-refractivity contribution in [3.8, 4) is 0 Å². The molecule has 108 valence electrons. The predicted octanol–water partition coefficient (Wildman–Crippen LogP) is 1.96. The highest BCUT2D eigenvalue weighted by Crippen LogP contribution is 3.00. The number of rotatable bonds is 4. The molecule has 0 N–H and O–H groups in total. The third kappa shape index (κ3) is 0.971. The van der Waals surface area contributed by atoms with E-state index in [1.54, 1.807) is 0 Å². The van der Waals surface area contributed by atoms with Gasteiger partial charge in [0.1, 0.15) is 0 Å². The van der Waals surface area contributed by atoms with Gasteiger partial charge in [-0.3, -0.25) is 9.59 Å². The van der Waals surface area contributed by atoms with Crippen LogP contribution in [0.2, 0.25) is 0 Å². The van der Waals surface area contributed by atoms with Crippen LogP contribution in [0.25, 0.3) is 0 Å². The Hall–Kier alpha value is -1.58. The van der Waals surface area contributed by atoms with E-state index in [9.17, 15) is 9.59 Å². The van der Waals surface area contributed by atoms with Crippen molar-refractivity contribution >= 4 is 11.9 Å². The first-order valence-corrected chi connectivity index (χ1v) is 6.82. The average molecular weight is 276 g/mol. The summed E-state index contributed by atoms with van der Waals surface area (Å²) < 4.78 is 9.84. The maximum atomic E-state index is 12.0. The maximum Gasteiger partial charge on any atom is 0.309 e. The number of allylic oxidation sites excluding steroid dienone is 2. The standard InChI is InChI=1S/C16H20O4/c1-7(2)15-9(11(15)13(17)19-5)10-12(14(18)20-6)16(10,15)8(3)4/h9-12H,1,3H2,2,4-6H3/t9-,10-,11+,12+,15-,16-/m0/s1. The molecule has 3 aliphatic rings. The normalized spacial score (nSPS) is 46.2. The van der Waals surface area contributed by atoms with Gasteiger partial charge in [-0.2, -0.15) is 0 Å². The van der Waals surface area contributed by atoms with Crippen LogP contribution in [-0.4, -0.2) is 26.2 Å². The van der Waals surface area contributed by atoms with Gasteiger partial charge in [-0.25, -0.2) is 0 Å². The molecule has 4 heteroatoms. The molecule has 20 heavy (non-hydrogen) atoms. The highest BCUT2D eigenvalue weighted by atomic mass is 16.5. The van der Waals surface area contributed by atoms with Crippen LogP contribution in [-0.2, 0) is 19.1 Å². The van der Waals surface area contributed by atoms with Crippen molar-refractivity contribution in [2.24, 2.45) is 34.5 Å². The van der Waals surface area contributed by atoms with Crippen molar-refractivity contribution in [3.05, 3.63) is 24.3 Å². The van der Waals surface area contributed by atoms with Gasteiger partial charge < -0.3 is 9.47 Å². The molecule has 3 saturated carbocycles. The van der Waals surface area contributed by atoms with Crippen LogP contribution in [0.5, 0.6) is 0 Å². The van der Waals surface area contributed by atoms with Crippen LogP contribution in [0.3, 0.4) is 0 Å². The van der Waals surface area contributed by atoms with Gasteiger partial charge in [0.15, 0.2) is 0 Å². The molecule has 0 bridgehead atoms. The molecule has 0 spiro atoms. The van der Waals surface area contributed by atoms with E-state index in [1.807, 2.05) is 13.8 Å². The van der Waals surface area contributed by atoms with Crippen molar-refractivity contribution in [3.63, 3.8) is 0 Å². The molecule has 0 heterocycles.